The Morgan fingerprint density at radius 1 is 0.538 bits per heavy atom. The summed E-state index contributed by atoms with van der Waals surface area (Å²) < 4.78 is 112. The summed E-state index contributed by atoms with van der Waals surface area (Å²) in [5.41, 5.74) is -5.88. The molecule has 0 fully saturated rings. The Bertz CT molecular complexity index is 2130. The molecular formula is C37H31F6N3O4S2. The highest BCUT2D eigenvalue weighted by Gasteiger charge is 2.50. The van der Waals surface area contributed by atoms with Crippen molar-refractivity contribution in [3.05, 3.63) is 184 Å². The molecule has 1 aliphatic heterocycles. The number of nitrogens with zero attached hydrogens (tertiary/aromatic N) is 3. The molecule has 7 nitrogen and oxygen atoms in total. The van der Waals surface area contributed by atoms with Crippen LogP contribution in [0.2, 0.25) is 0 Å². The molecule has 1 aliphatic rings. The average Bonchev–Trinajstić information content (AvgIpc) is 3.42. The minimum Gasteiger partial charge on any atom is -0.421 e. The molecule has 0 radical (unpaired) electrons. The lowest BCUT2D eigenvalue weighted by molar-refractivity contribution is -0.582. The third-order valence-electron chi connectivity index (χ3n) is 8.00. The highest BCUT2D eigenvalue weighted by atomic mass is 32.3. The van der Waals surface area contributed by atoms with Crippen molar-refractivity contribution in [2.24, 2.45) is 0 Å². The van der Waals surface area contributed by atoms with Gasteiger partial charge in [0, 0.05) is 11.1 Å². The van der Waals surface area contributed by atoms with Crippen molar-refractivity contribution in [2.45, 2.75) is 36.2 Å². The second-order valence-electron chi connectivity index (χ2n) is 11.5. The van der Waals surface area contributed by atoms with Crippen LogP contribution in [0.1, 0.15) is 39.9 Å². The first kappa shape index (κ1) is 38.2. The second kappa shape index (κ2) is 15.7. The molecule has 15 heteroatoms. The van der Waals surface area contributed by atoms with Crippen LogP contribution >= 0.6 is 0 Å². The van der Waals surface area contributed by atoms with E-state index in [-0.39, 0.29) is 12.1 Å². The van der Waals surface area contributed by atoms with Crippen LogP contribution in [-0.4, -0.2) is 43.2 Å². The maximum atomic E-state index is 11.4. The first-order valence-corrected chi connectivity index (χ1v) is 18.5. The maximum absolute atomic E-state index is 11.4. The zero-order valence-electron chi connectivity index (χ0n) is 27.1. The Morgan fingerprint density at radius 3 is 1.37 bits per heavy atom. The lowest BCUT2D eigenvalue weighted by Crippen LogP contribution is -2.32. The minimum atomic E-state index is -6.72. The van der Waals surface area contributed by atoms with Crippen molar-refractivity contribution in [1.82, 2.24) is 4.90 Å². The average molecular weight is 760 g/mol. The molecule has 0 saturated carbocycles. The van der Waals surface area contributed by atoms with Gasteiger partial charge in [0.05, 0.1) is 5.56 Å². The van der Waals surface area contributed by atoms with Gasteiger partial charge >= 0.3 is 11.0 Å². The highest BCUT2D eigenvalue weighted by molar-refractivity contribution is 8.13. The molecule has 0 saturated heterocycles. The third-order valence-corrected chi connectivity index (χ3v) is 10.7. The van der Waals surface area contributed by atoms with Gasteiger partial charge in [0.25, 0.3) is 5.84 Å². The van der Waals surface area contributed by atoms with Gasteiger partial charge in [-0.05, 0) is 23.3 Å². The second-order valence-corrected chi connectivity index (χ2v) is 15.0. The Labute approximate surface area is 297 Å². The zero-order valence-corrected chi connectivity index (χ0v) is 28.7. The van der Waals surface area contributed by atoms with E-state index in [9.17, 15) is 43.2 Å². The van der Waals surface area contributed by atoms with Crippen LogP contribution in [0.25, 0.3) is 4.13 Å². The Kier molecular flexibility index (Phi) is 11.6. The summed E-state index contributed by atoms with van der Waals surface area (Å²) in [5.74, 6) is 1.27. The number of sulfonamides is 2. The summed E-state index contributed by atoms with van der Waals surface area (Å²) in [5, 5.41) is 0. The molecule has 0 aliphatic carbocycles. The van der Waals surface area contributed by atoms with E-state index >= 15 is 0 Å². The maximum Gasteiger partial charge on any atom is 0.480 e. The van der Waals surface area contributed by atoms with Crippen LogP contribution in [0.3, 0.4) is 0 Å². The van der Waals surface area contributed by atoms with Gasteiger partial charge in [0.1, 0.15) is 13.1 Å². The van der Waals surface area contributed by atoms with Gasteiger partial charge in [0.2, 0.25) is 0 Å². The van der Waals surface area contributed by atoms with Gasteiger partial charge in [-0.2, -0.15) is 26.3 Å². The van der Waals surface area contributed by atoms with Crippen molar-refractivity contribution in [3.8, 4) is 0 Å². The van der Waals surface area contributed by atoms with Gasteiger partial charge in [-0.1, -0.05) is 140 Å². The van der Waals surface area contributed by atoms with E-state index in [0.29, 0.717) is 0 Å². The van der Waals surface area contributed by atoms with Crippen molar-refractivity contribution >= 4 is 25.9 Å². The third kappa shape index (κ3) is 8.89. The normalized spacial score (nSPS) is 16.7. The Hall–Kier alpha value is -4.99. The molecule has 0 N–H and O–H groups in total. The van der Waals surface area contributed by atoms with Gasteiger partial charge in [-0.25, -0.2) is 26.3 Å². The van der Waals surface area contributed by atoms with Gasteiger partial charge in [-0.3, -0.25) is 0 Å². The summed E-state index contributed by atoms with van der Waals surface area (Å²) >= 11 is 0. The smallest absolute Gasteiger partial charge is 0.421 e. The lowest BCUT2D eigenvalue weighted by atomic mass is 9.92. The molecule has 5 aromatic carbocycles. The number of alkyl halides is 6. The van der Waals surface area contributed by atoms with E-state index in [0.717, 1.165) is 17.2 Å². The Morgan fingerprint density at radius 2 is 0.923 bits per heavy atom. The fourth-order valence-electron chi connectivity index (χ4n) is 5.83. The quantitative estimate of drug-likeness (QED) is 0.111. The first-order chi connectivity index (χ1) is 24.6. The molecule has 2 atom stereocenters. The SMILES string of the molecule is O=S(=O)([N-]S(=O)(=O)C(F)(F)F)C(F)(F)F.c1ccc(CN2C(c3ccccc3)=[N+](Cc3ccccc3)[C@H](c3ccccc3)[C@H]2c2ccccc2)cc1. The van der Waals surface area contributed by atoms with Crippen LogP contribution in [-0.2, 0) is 33.1 Å². The van der Waals surface area contributed by atoms with Gasteiger partial charge in [-0.15, -0.1) is 0 Å². The summed E-state index contributed by atoms with van der Waals surface area (Å²) in [7, 11) is -13.4. The molecule has 0 unspecified atom stereocenters. The largest absolute Gasteiger partial charge is 0.480 e. The van der Waals surface area contributed by atoms with Crippen LogP contribution in [0, 0.1) is 0 Å². The van der Waals surface area contributed by atoms with Crippen LogP contribution < -0.4 is 0 Å². The molecule has 0 bridgehead atoms. The molecule has 5 aromatic rings. The molecule has 0 aromatic heterocycles. The predicted octanol–water partition coefficient (Wildman–Crippen LogP) is 8.70. The van der Waals surface area contributed by atoms with Crippen molar-refractivity contribution in [1.29, 1.82) is 0 Å². The van der Waals surface area contributed by atoms with Gasteiger partial charge in [0.15, 0.2) is 32.1 Å². The van der Waals surface area contributed by atoms with Crippen LogP contribution in [0.4, 0.5) is 26.3 Å². The van der Waals surface area contributed by atoms with Crippen molar-refractivity contribution in [2.75, 3.05) is 0 Å². The number of amidine groups is 1. The van der Waals surface area contributed by atoms with Gasteiger partial charge < -0.3 is 4.13 Å². The summed E-state index contributed by atoms with van der Waals surface area (Å²) in [6.07, 6.45) is 0. The monoisotopic (exact) mass is 759 g/mol. The molecule has 0 spiro atoms. The topological polar surface area (TPSA) is 88.6 Å². The van der Waals surface area contributed by atoms with Crippen molar-refractivity contribution in [3.63, 3.8) is 0 Å². The molecular weight excluding hydrogens is 729 g/mol. The summed E-state index contributed by atoms with van der Waals surface area (Å²) in [6, 6.07) is 55.0. The number of rotatable bonds is 9. The van der Waals surface area contributed by atoms with E-state index in [4.69, 9.17) is 0 Å². The molecule has 0 amide bonds. The minimum absolute atomic E-state index is 0.155. The van der Waals surface area contributed by atoms with E-state index in [2.05, 4.69) is 161 Å². The highest BCUT2D eigenvalue weighted by Crippen LogP contribution is 2.44. The standard InChI is InChI=1S/C35H31N2.C2F6NO4S2/c1-6-16-28(17-7-1)26-36-33(30-20-10-3-11-21-30)34(31-22-12-4-13-23-31)37(27-29-18-8-2-9-19-29)35(36)32-24-14-5-15-25-32;3-1(4,5)14(10,11)9-15(12,13)2(6,7)8/h1-25,33-34H,26-27H2;/q+1;-1/t33-,34-;/m1./s1. The molecule has 272 valence electrons. The van der Waals surface area contributed by atoms with Crippen LogP contribution in [0.5, 0.6) is 0 Å². The van der Waals surface area contributed by atoms with E-state index < -0.39 is 31.1 Å². The molecule has 52 heavy (non-hydrogen) atoms. The zero-order chi connectivity index (χ0) is 37.6. The van der Waals surface area contributed by atoms with E-state index in [1.165, 1.54) is 33.7 Å². The number of halogens is 6. The molecule has 6 rings (SSSR count). The molecule has 1 heterocycles. The predicted molar refractivity (Wildman–Crippen MR) is 185 cm³/mol. The van der Waals surface area contributed by atoms with E-state index in [1.54, 1.807) is 0 Å². The van der Waals surface area contributed by atoms with Crippen molar-refractivity contribution < 1.29 is 47.8 Å². The fourth-order valence-corrected chi connectivity index (χ4v) is 7.54. The number of hydrogen-bond donors (Lipinski definition) is 0. The number of hydrogen-bond acceptors (Lipinski definition) is 5. The van der Waals surface area contributed by atoms with E-state index in [1.807, 2.05) is 0 Å². The summed E-state index contributed by atoms with van der Waals surface area (Å²) in [4.78, 5) is 2.63. The first-order valence-electron chi connectivity index (χ1n) is 15.6. The van der Waals surface area contributed by atoms with Crippen LogP contribution in [0.15, 0.2) is 152 Å². The Balaban J connectivity index is 0.000000297. The fraction of sp³-hybridized carbons (Fsp3) is 0.162. The number of benzene rings is 5. The lowest BCUT2D eigenvalue weighted by Gasteiger charge is -2.25. The summed E-state index contributed by atoms with van der Waals surface area (Å²) in [6.45, 7) is 1.67.